The lowest BCUT2D eigenvalue weighted by molar-refractivity contribution is -0.910. The number of amides is 1. The summed E-state index contributed by atoms with van der Waals surface area (Å²) in [4.78, 5) is 18.5. The van der Waals surface area contributed by atoms with Gasteiger partial charge in [-0.1, -0.05) is 12.1 Å². The summed E-state index contributed by atoms with van der Waals surface area (Å²) in [6, 6.07) is 17.5. The van der Waals surface area contributed by atoms with Gasteiger partial charge in [0.2, 0.25) is 0 Å². The predicted molar refractivity (Wildman–Crippen MR) is 102 cm³/mol. The molecule has 4 rings (SSSR count). The number of nitrogens with one attached hydrogen (secondary N) is 2. The Hall–Kier alpha value is -2.75. The Morgan fingerprint density at radius 1 is 1.27 bits per heavy atom. The number of nitrogens with zero attached hydrogens (tertiary/aromatic N) is 2. The van der Waals surface area contributed by atoms with E-state index in [-0.39, 0.29) is 5.91 Å². The highest BCUT2D eigenvalue weighted by Gasteiger charge is 2.33. The standard InChI is InChI=1S/C20H18N4OS/c21-12-14-7-9-15(10-8-14)22-19(25)13-24-11-3-5-17(24)20-23-16-4-1-2-6-18(16)26-20/h1-2,4,6-10,17H,3,5,11,13H2,(H,22,25)/p+1/t17-/m1/s1. The van der Waals surface area contributed by atoms with Gasteiger partial charge in [-0.25, -0.2) is 4.98 Å². The third-order valence-corrected chi connectivity index (χ3v) is 5.93. The van der Waals surface area contributed by atoms with Gasteiger partial charge in [0.1, 0.15) is 6.04 Å². The van der Waals surface area contributed by atoms with E-state index in [9.17, 15) is 4.79 Å². The summed E-state index contributed by atoms with van der Waals surface area (Å²) in [6.07, 6.45) is 2.18. The molecule has 0 aliphatic carbocycles. The zero-order valence-electron chi connectivity index (χ0n) is 14.2. The normalized spacial score (nSPS) is 19.3. The Bertz CT molecular complexity index is 940. The Morgan fingerprint density at radius 2 is 2.08 bits per heavy atom. The first-order valence-corrected chi connectivity index (χ1v) is 9.54. The smallest absolute Gasteiger partial charge is 0.279 e. The molecule has 2 aromatic carbocycles. The summed E-state index contributed by atoms with van der Waals surface area (Å²) in [5.41, 5.74) is 2.36. The number of likely N-dealkylation sites (tertiary alicyclic amines) is 1. The molecular formula is C20H19N4OS+. The van der Waals surface area contributed by atoms with Gasteiger partial charge in [0.25, 0.3) is 5.91 Å². The molecule has 1 amide bonds. The van der Waals surface area contributed by atoms with Crippen LogP contribution < -0.4 is 10.2 Å². The number of hydrogen-bond acceptors (Lipinski definition) is 4. The van der Waals surface area contributed by atoms with E-state index in [1.807, 2.05) is 18.2 Å². The van der Waals surface area contributed by atoms with E-state index in [1.54, 1.807) is 35.6 Å². The molecule has 0 radical (unpaired) electrons. The molecule has 0 spiro atoms. The molecule has 130 valence electrons. The molecule has 0 saturated carbocycles. The van der Waals surface area contributed by atoms with Crippen molar-refractivity contribution in [2.75, 3.05) is 18.4 Å². The highest BCUT2D eigenvalue weighted by Crippen LogP contribution is 2.28. The first kappa shape index (κ1) is 16.7. The van der Waals surface area contributed by atoms with Crippen LogP contribution in [0, 0.1) is 11.3 Å². The van der Waals surface area contributed by atoms with Crippen LogP contribution in [0.5, 0.6) is 0 Å². The molecule has 1 saturated heterocycles. The van der Waals surface area contributed by atoms with Crippen LogP contribution in [-0.4, -0.2) is 24.0 Å². The lowest BCUT2D eigenvalue weighted by atomic mass is 10.2. The Balaban J connectivity index is 1.44. The number of aromatic nitrogens is 1. The largest absolute Gasteiger partial charge is 0.321 e. The van der Waals surface area contributed by atoms with Gasteiger partial charge in [-0.05, 0) is 36.4 Å². The molecule has 26 heavy (non-hydrogen) atoms. The number of hydrogen-bond donors (Lipinski definition) is 2. The van der Waals surface area contributed by atoms with Crippen molar-refractivity contribution in [3.05, 3.63) is 59.1 Å². The zero-order valence-corrected chi connectivity index (χ0v) is 15.1. The number of fused-ring (bicyclic) bond motifs is 1. The first-order valence-electron chi connectivity index (χ1n) is 8.73. The summed E-state index contributed by atoms with van der Waals surface area (Å²) < 4.78 is 1.20. The molecule has 1 aliphatic heterocycles. The van der Waals surface area contributed by atoms with E-state index in [0.29, 0.717) is 18.2 Å². The predicted octanol–water partition coefficient (Wildman–Crippen LogP) is 2.53. The number of benzene rings is 2. The zero-order chi connectivity index (χ0) is 17.9. The lowest BCUT2D eigenvalue weighted by Gasteiger charge is -2.19. The van der Waals surface area contributed by atoms with E-state index < -0.39 is 0 Å². The maximum Gasteiger partial charge on any atom is 0.279 e. The molecular weight excluding hydrogens is 344 g/mol. The van der Waals surface area contributed by atoms with Gasteiger partial charge in [-0.3, -0.25) is 4.79 Å². The molecule has 0 bridgehead atoms. The van der Waals surface area contributed by atoms with Gasteiger partial charge in [0.05, 0.1) is 28.4 Å². The van der Waals surface area contributed by atoms with Crippen LogP contribution in [0.15, 0.2) is 48.5 Å². The molecule has 1 unspecified atom stereocenters. The van der Waals surface area contributed by atoms with Gasteiger partial charge in [-0.15, -0.1) is 11.3 Å². The minimum absolute atomic E-state index is 0.00211. The summed E-state index contributed by atoms with van der Waals surface area (Å²) in [7, 11) is 0. The topological polar surface area (TPSA) is 70.2 Å². The molecule has 2 N–H and O–H groups in total. The molecule has 1 aromatic heterocycles. The van der Waals surface area contributed by atoms with Gasteiger partial charge in [0, 0.05) is 18.5 Å². The SMILES string of the molecule is N#Cc1ccc(NC(=O)C[NH+]2CCC[C@@H]2c2nc3ccccc3s2)cc1. The molecule has 1 fully saturated rings. The van der Waals surface area contributed by atoms with Crippen molar-refractivity contribution < 1.29 is 9.69 Å². The average molecular weight is 363 g/mol. The number of carbonyl (C=O) groups excluding carboxylic acids is 1. The number of rotatable bonds is 4. The minimum atomic E-state index is -0.00211. The van der Waals surface area contributed by atoms with Crippen LogP contribution >= 0.6 is 11.3 Å². The highest BCUT2D eigenvalue weighted by atomic mass is 32.1. The van der Waals surface area contributed by atoms with Gasteiger partial charge in [0.15, 0.2) is 11.6 Å². The first-order chi connectivity index (χ1) is 12.7. The molecule has 1 aliphatic rings. The Kier molecular flexibility index (Phi) is 4.65. The highest BCUT2D eigenvalue weighted by molar-refractivity contribution is 7.18. The second kappa shape index (κ2) is 7.24. The van der Waals surface area contributed by atoms with Crippen molar-refractivity contribution in [2.45, 2.75) is 18.9 Å². The monoisotopic (exact) mass is 363 g/mol. The van der Waals surface area contributed by atoms with Gasteiger partial charge >= 0.3 is 0 Å². The summed E-state index contributed by atoms with van der Waals surface area (Å²) in [6.45, 7) is 1.42. The fourth-order valence-corrected chi connectivity index (χ4v) is 4.66. The molecule has 6 heteroatoms. The fraction of sp³-hybridized carbons (Fsp3) is 0.250. The maximum absolute atomic E-state index is 12.5. The van der Waals surface area contributed by atoms with Crippen LogP contribution in [-0.2, 0) is 4.79 Å². The fourth-order valence-electron chi connectivity index (χ4n) is 3.50. The van der Waals surface area contributed by atoms with Crippen molar-refractivity contribution >= 4 is 33.1 Å². The van der Waals surface area contributed by atoms with Crippen LogP contribution in [0.4, 0.5) is 5.69 Å². The molecule has 2 atom stereocenters. The second-order valence-electron chi connectivity index (χ2n) is 6.54. The van der Waals surface area contributed by atoms with Crippen molar-refractivity contribution in [2.24, 2.45) is 0 Å². The van der Waals surface area contributed by atoms with Crippen molar-refractivity contribution in [3.63, 3.8) is 0 Å². The molecule has 3 aromatic rings. The van der Waals surface area contributed by atoms with Crippen molar-refractivity contribution in [1.82, 2.24) is 4.98 Å². The number of carbonyl (C=O) groups is 1. The van der Waals surface area contributed by atoms with Crippen molar-refractivity contribution in [3.8, 4) is 6.07 Å². The second-order valence-corrected chi connectivity index (χ2v) is 7.60. The average Bonchev–Trinajstić information content (AvgIpc) is 3.28. The van der Waals surface area contributed by atoms with Crippen LogP contribution in [0.3, 0.4) is 0 Å². The number of anilines is 1. The van der Waals surface area contributed by atoms with Crippen molar-refractivity contribution in [1.29, 1.82) is 5.26 Å². The van der Waals surface area contributed by atoms with E-state index in [2.05, 4.69) is 17.5 Å². The quantitative estimate of drug-likeness (QED) is 0.748. The Labute approximate surface area is 155 Å². The third-order valence-electron chi connectivity index (χ3n) is 4.78. The van der Waals surface area contributed by atoms with Crippen LogP contribution in [0.25, 0.3) is 10.2 Å². The van der Waals surface area contributed by atoms with E-state index in [1.165, 1.54) is 9.60 Å². The number of thiazole rings is 1. The summed E-state index contributed by atoms with van der Waals surface area (Å²) >= 11 is 1.74. The van der Waals surface area contributed by atoms with Crippen LogP contribution in [0.1, 0.15) is 29.5 Å². The number of para-hydroxylation sites is 1. The van der Waals surface area contributed by atoms with Gasteiger partial charge in [-0.2, -0.15) is 5.26 Å². The lowest BCUT2D eigenvalue weighted by Crippen LogP contribution is -3.11. The van der Waals surface area contributed by atoms with Gasteiger partial charge < -0.3 is 10.2 Å². The summed E-state index contributed by atoms with van der Waals surface area (Å²) in [5, 5.41) is 12.9. The number of nitriles is 1. The number of quaternary nitrogens is 1. The maximum atomic E-state index is 12.5. The van der Waals surface area contributed by atoms with Crippen LogP contribution in [0.2, 0.25) is 0 Å². The van der Waals surface area contributed by atoms with E-state index in [0.717, 1.165) is 35.6 Å². The molecule has 5 nitrogen and oxygen atoms in total. The van der Waals surface area contributed by atoms with E-state index in [4.69, 9.17) is 10.2 Å². The Morgan fingerprint density at radius 3 is 2.85 bits per heavy atom. The summed E-state index contributed by atoms with van der Waals surface area (Å²) in [5.74, 6) is -0.00211. The van der Waals surface area contributed by atoms with E-state index >= 15 is 0 Å². The minimum Gasteiger partial charge on any atom is -0.321 e. The third kappa shape index (κ3) is 3.45. The molecule has 2 heterocycles.